The molecule has 25 heavy (non-hydrogen) atoms. The Bertz CT molecular complexity index is 1030. The Labute approximate surface area is 151 Å². The zero-order valence-electron chi connectivity index (χ0n) is 14.5. The molecule has 0 aliphatic heterocycles. The second-order valence-electron chi connectivity index (χ2n) is 6.32. The Morgan fingerprint density at radius 1 is 0.920 bits per heavy atom. The zero-order valence-corrected chi connectivity index (χ0v) is 15.3. The van der Waals surface area contributed by atoms with Gasteiger partial charge in [-0.2, -0.15) is 0 Å². The molecule has 0 aliphatic rings. The highest BCUT2D eigenvalue weighted by Gasteiger charge is 2.14. The van der Waals surface area contributed by atoms with Crippen LogP contribution in [0.15, 0.2) is 54.2 Å². The summed E-state index contributed by atoms with van der Waals surface area (Å²) in [6, 6.07) is 14.8. The molecule has 0 unspecified atom stereocenters. The van der Waals surface area contributed by atoms with Gasteiger partial charge < -0.3 is 5.32 Å². The first-order chi connectivity index (χ1) is 12.1. The van der Waals surface area contributed by atoms with Gasteiger partial charge in [0.1, 0.15) is 17.0 Å². The SMILES string of the molecule is Cc1cc(C)c(Nc2ncnc3scc(-c4ccccc4)c23)c(C)c1. The summed E-state index contributed by atoms with van der Waals surface area (Å²) < 4.78 is 0. The minimum absolute atomic E-state index is 0.861. The maximum absolute atomic E-state index is 4.55. The average molecular weight is 345 g/mol. The number of hydrogen-bond donors (Lipinski definition) is 1. The fraction of sp³-hybridized carbons (Fsp3) is 0.143. The number of hydrogen-bond acceptors (Lipinski definition) is 4. The van der Waals surface area contributed by atoms with Crippen molar-refractivity contribution < 1.29 is 0 Å². The molecule has 124 valence electrons. The Kier molecular flexibility index (Phi) is 3.98. The van der Waals surface area contributed by atoms with Crippen molar-refractivity contribution in [1.29, 1.82) is 0 Å². The molecule has 0 bridgehead atoms. The lowest BCUT2D eigenvalue weighted by Gasteiger charge is -2.14. The molecule has 4 heteroatoms. The van der Waals surface area contributed by atoms with E-state index in [0.29, 0.717) is 0 Å². The van der Waals surface area contributed by atoms with Gasteiger partial charge in [-0.3, -0.25) is 0 Å². The van der Waals surface area contributed by atoms with Crippen LogP contribution in [0.5, 0.6) is 0 Å². The molecule has 0 aliphatic carbocycles. The van der Waals surface area contributed by atoms with Crippen LogP contribution in [0.25, 0.3) is 21.3 Å². The van der Waals surface area contributed by atoms with Gasteiger partial charge in [-0.1, -0.05) is 48.0 Å². The lowest BCUT2D eigenvalue weighted by Crippen LogP contribution is -2.00. The lowest BCUT2D eigenvalue weighted by molar-refractivity contribution is 1.22. The van der Waals surface area contributed by atoms with Gasteiger partial charge in [0.15, 0.2) is 0 Å². The summed E-state index contributed by atoms with van der Waals surface area (Å²) >= 11 is 1.65. The van der Waals surface area contributed by atoms with Gasteiger partial charge in [0.05, 0.1) is 5.39 Å². The van der Waals surface area contributed by atoms with E-state index in [-0.39, 0.29) is 0 Å². The Morgan fingerprint density at radius 2 is 1.64 bits per heavy atom. The fourth-order valence-corrected chi connectivity index (χ4v) is 4.21. The Hall–Kier alpha value is -2.72. The van der Waals surface area contributed by atoms with E-state index in [0.717, 1.165) is 21.7 Å². The van der Waals surface area contributed by atoms with Crippen LogP contribution < -0.4 is 5.32 Å². The first-order valence-electron chi connectivity index (χ1n) is 8.26. The second-order valence-corrected chi connectivity index (χ2v) is 7.17. The fourth-order valence-electron chi connectivity index (χ4n) is 3.30. The molecule has 2 aromatic heterocycles. The smallest absolute Gasteiger partial charge is 0.143 e. The number of aryl methyl sites for hydroxylation is 3. The first kappa shape index (κ1) is 15.8. The number of nitrogens with zero attached hydrogens (tertiary/aromatic N) is 2. The van der Waals surface area contributed by atoms with Crippen LogP contribution in [0, 0.1) is 20.8 Å². The molecule has 3 nitrogen and oxygen atoms in total. The minimum atomic E-state index is 0.861. The van der Waals surface area contributed by atoms with Gasteiger partial charge in [-0.25, -0.2) is 9.97 Å². The van der Waals surface area contributed by atoms with E-state index >= 15 is 0 Å². The third-order valence-electron chi connectivity index (χ3n) is 4.38. The molecule has 1 N–H and O–H groups in total. The number of anilines is 2. The van der Waals surface area contributed by atoms with E-state index in [1.54, 1.807) is 17.7 Å². The highest BCUT2D eigenvalue weighted by Crippen LogP contribution is 2.38. The zero-order chi connectivity index (χ0) is 17.4. The largest absolute Gasteiger partial charge is 0.339 e. The van der Waals surface area contributed by atoms with Gasteiger partial charge in [-0.05, 0) is 37.5 Å². The standard InChI is InChI=1S/C21H19N3S/c1-13-9-14(2)19(15(3)10-13)24-20-18-17(16-7-5-4-6-8-16)11-25-21(18)23-12-22-20/h4-12H,1-3H3,(H,22,23,24). The minimum Gasteiger partial charge on any atom is -0.339 e. The van der Waals surface area contributed by atoms with Gasteiger partial charge in [0.2, 0.25) is 0 Å². The van der Waals surface area contributed by atoms with Crippen molar-refractivity contribution in [1.82, 2.24) is 9.97 Å². The van der Waals surface area contributed by atoms with Crippen molar-refractivity contribution in [3.05, 3.63) is 70.9 Å². The molecule has 0 radical (unpaired) electrons. The summed E-state index contributed by atoms with van der Waals surface area (Å²) in [6.45, 7) is 6.39. The maximum Gasteiger partial charge on any atom is 0.143 e. The molecule has 2 heterocycles. The number of nitrogens with one attached hydrogen (secondary N) is 1. The number of rotatable bonds is 3. The van der Waals surface area contributed by atoms with E-state index < -0.39 is 0 Å². The maximum atomic E-state index is 4.55. The molecule has 0 saturated carbocycles. The van der Waals surface area contributed by atoms with Crippen LogP contribution in [0.3, 0.4) is 0 Å². The Morgan fingerprint density at radius 3 is 2.36 bits per heavy atom. The van der Waals surface area contributed by atoms with Crippen LogP contribution in [0.2, 0.25) is 0 Å². The van der Waals surface area contributed by atoms with Crippen LogP contribution >= 0.6 is 11.3 Å². The first-order valence-corrected chi connectivity index (χ1v) is 9.14. The van der Waals surface area contributed by atoms with E-state index in [1.807, 2.05) is 6.07 Å². The summed E-state index contributed by atoms with van der Waals surface area (Å²) in [4.78, 5) is 10.0. The summed E-state index contributed by atoms with van der Waals surface area (Å²) in [5.74, 6) is 0.861. The predicted octanol–water partition coefficient (Wildman–Crippen LogP) is 6.03. The molecule has 0 amide bonds. The normalized spacial score (nSPS) is 11.0. The van der Waals surface area contributed by atoms with Gasteiger partial charge in [0, 0.05) is 16.6 Å². The molecule has 0 fully saturated rings. The molecule has 0 saturated heterocycles. The number of aromatic nitrogens is 2. The van der Waals surface area contributed by atoms with Crippen LogP contribution in [0.1, 0.15) is 16.7 Å². The van der Waals surface area contributed by atoms with Crippen molar-refractivity contribution in [2.45, 2.75) is 20.8 Å². The van der Waals surface area contributed by atoms with E-state index in [1.165, 1.54) is 27.8 Å². The lowest BCUT2D eigenvalue weighted by atomic mass is 10.0. The van der Waals surface area contributed by atoms with Crippen LogP contribution in [-0.2, 0) is 0 Å². The van der Waals surface area contributed by atoms with Crippen molar-refractivity contribution in [2.24, 2.45) is 0 Å². The molecular weight excluding hydrogens is 326 g/mol. The molecule has 0 spiro atoms. The monoisotopic (exact) mass is 345 g/mol. The average Bonchev–Trinajstić information content (AvgIpc) is 3.04. The van der Waals surface area contributed by atoms with E-state index in [2.05, 4.69) is 77.8 Å². The molecule has 2 aromatic carbocycles. The van der Waals surface area contributed by atoms with Crippen molar-refractivity contribution in [3.8, 4) is 11.1 Å². The van der Waals surface area contributed by atoms with Gasteiger partial charge in [0.25, 0.3) is 0 Å². The second kappa shape index (κ2) is 6.30. The summed E-state index contributed by atoms with van der Waals surface area (Å²) in [5, 5.41) is 6.81. The summed E-state index contributed by atoms with van der Waals surface area (Å²) in [6.07, 6.45) is 1.63. The molecular formula is C21H19N3S. The predicted molar refractivity (Wildman–Crippen MR) is 107 cm³/mol. The number of fused-ring (bicyclic) bond motifs is 1. The molecule has 4 aromatic rings. The molecule has 0 atom stereocenters. The van der Waals surface area contributed by atoms with Crippen molar-refractivity contribution in [3.63, 3.8) is 0 Å². The highest BCUT2D eigenvalue weighted by molar-refractivity contribution is 7.17. The number of benzene rings is 2. The van der Waals surface area contributed by atoms with E-state index in [9.17, 15) is 0 Å². The number of thiophene rings is 1. The molecule has 4 rings (SSSR count). The quantitative estimate of drug-likeness (QED) is 0.493. The summed E-state index contributed by atoms with van der Waals surface area (Å²) in [7, 11) is 0. The summed E-state index contributed by atoms with van der Waals surface area (Å²) in [5.41, 5.74) is 7.20. The van der Waals surface area contributed by atoms with Crippen molar-refractivity contribution >= 4 is 33.1 Å². The Balaban J connectivity index is 1.88. The van der Waals surface area contributed by atoms with Gasteiger partial charge >= 0.3 is 0 Å². The van der Waals surface area contributed by atoms with Crippen molar-refractivity contribution in [2.75, 3.05) is 5.32 Å². The van der Waals surface area contributed by atoms with Crippen LogP contribution in [-0.4, -0.2) is 9.97 Å². The topological polar surface area (TPSA) is 37.8 Å². The van der Waals surface area contributed by atoms with E-state index in [4.69, 9.17) is 0 Å². The third-order valence-corrected chi connectivity index (χ3v) is 5.26. The highest BCUT2D eigenvalue weighted by atomic mass is 32.1. The third kappa shape index (κ3) is 2.89. The van der Waals surface area contributed by atoms with Crippen LogP contribution in [0.4, 0.5) is 11.5 Å². The van der Waals surface area contributed by atoms with Gasteiger partial charge in [-0.15, -0.1) is 11.3 Å².